The van der Waals surface area contributed by atoms with E-state index < -0.39 is 16.5 Å². The number of rotatable bonds is 3. The Balaban J connectivity index is 0.000000583. The van der Waals surface area contributed by atoms with E-state index in [1.54, 1.807) is 0 Å². The normalized spacial score (nSPS) is 13.9. The second kappa shape index (κ2) is 8.55. The van der Waals surface area contributed by atoms with Crippen molar-refractivity contribution in [3.63, 3.8) is 0 Å². The molecule has 1 unspecified atom stereocenters. The summed E-state index contributed by atoms with van der Waals surface area (Å²) in [4.78, 5) is 0. The summed E-state index contributed by atoms with van der Waals surface area (Å²) in [5, 5.41) is 0. The Morgan fingerprint density at radius 3 is 2.13 bits per heavy atom. The van der Waals surface area contributed by atoms with E-state index in [1.807, 2.05) is 25.1 Å². The second-order valence-corrected chi connectivity index (χ2v) is 6.85. The standard InChI is InChI=1S/C10H16N2.2ClH.Pt/c1-10(12,8-11)7-9-5-3-2-4-6-9;;;/h2-6H,7-8,11-12H2,1H3;2*1H;/q;;;+2/p-2. The topological polar surface area (TPSA) is 52.0 Å². The third kappa shape index (κ3) is 8.24. The average Bonchev–Trinajstić information content (AvgIpc) is 2.20. The summed E-state index contributed by atoms with van der Waals surface area (Å²) < 4.78 is 0. The van der Waals surface area contributed by atoms with E-state index in [1.165, 1.54) is 5.56 Å². The molecule has 1 atom stereocenters. The van der Waals surface area contributed by atoms with Gasteiger partial charge in [-0.15, -0.1) is 0 Å². The van der Waals surface area contributed by atoms with E-state index in [-0.39, 0.29) is 5.54 Å². The molecular formula is C10H16Cl2N2Pt. The number of halogens is 2. The average molecular weight is 430 g/mol. The van der Waals surface area contributed by atoms with Crippen molar-refractivity contribution in [2.24, 2.45) is 11.5 Å². The Morgan fingerprint density at radius 1 is 1.27 bits per heavy atom. The van der Waals surface area contributed by atoms with Gasteiger partial charge in [0, 0.05) is 12.1 Å². The van der Waals surface area contributed by atoms with Crippen molar-refractivity contribution < 1.29 is 16.5 Å². The molecule has 0 aliphatic carbocycles. The van der Waals surface area contributed by atoms with Gasteiger partial charge in [-0.1, -0.05) is 30.3 Å². The molecule has 0 radical (unpaired) electrons. The molecule has 0 heterocycles. The number of nitrogens with two attached hydrogens (primary N) is 2. The summed E-state index contributed by atoms with van der Waals surface area (Å²) >= 11 is -0.472. The third-order valence-electron chi connectivity index (χ3n) is 1.92. The third-order valence-corrected chi connectivity index (χ3v) is 1.92. The van der Waals surface area contributed by atoms with Crippen LogP contribution in [0.1, 0.15) is 12.5 Å². The number of benzene rings is 1. The number of hydrogen-bond acceptors (Lipinski definition) is 2. The van der Waals surface area contributed by atoms with Gasteiger partial charge < -0.3 is 11.5 Å². The van der Waals surface area contributed by atoms with Gasteiger partial charge in [-0.25, -0.2) is 0 Å². The van der Waals surface area contributed by atoms with Crippen LogP contribution in [0.5, 0.6) is 0 Å². The number of hydrogen-bond donors (Lipinski definition) is 2. The second-order valence-electron chi connectivity index (χ2n) is 3.57. The van der Waals surface area contributed by atoms with Crippen LogP contribution in [0.15, 0.2) is 30.3 Å². The van der Waals surface area contributed by atoms with Gasteiger partial charge in [0.2, 0.25) is 0 Å². The first-order valence-electron chi connectivity index (χ1n) is 4.41. The molecule has 0 aliphatic rings. The fourth-order valence-electron chi connectivity index (χ4n) is 1.13. The molecule has 5 heteroatoms. The SMILES string of the molecule is CC(N)(CN)Cc1ccccc1.[Cl][Pt][Cl]. The fraction of sp³-hybridized carbons (Fsp3) is 0.400. The molecule has 0 amide bonds. The zero-order valence-electron chi connectivity index (χ0n) is 8.53. The van der Waals surface area contributed by atoms with Crippen LogP contribution in [-0.2, 0) is 22.9 Å². The molecule has 90 valence electrons. The molecule has 0 bridgehead atoms. The van der Waals surface area contributed by atoms with Gasteiger partial charge in [0.25, 0.3) is 0 Å². The van der Waals surface area contributed by atoms with E-state index >= 15 is 0 Å². The molecule has 0 saturated heterocycles. The van der Waals surface area contributed by atoms with Crippen molar-refractivity contribution in [2.75, 3.05) is 6.54 Å². The van der Waals surface area contributed by atoms with Crippen LogP contribution in [0.4, 0.5) is 0 Å². The minimum absolute atomic E-state index is 0.276. The summed E-state index contributed by atoms with van der Waals surface area (Å²) in [5.41, 5.74) is 12.4. The Bertz CT molecular complexity index is 255. The van der Waals surface area contributed by atoms with Crippen molar-refractivity contribution >= 4 is 18.8 Å². The molecule has 1 aromatic carbocycles. The summed E-state index contributed by atoms with van der Waals surface area (Å²) in [6.07, 6.45) is 0.838. The van der Waals surface area contributed by atoms with Gasteiger partial charge >= 0.3 is 35.3 Å². The van der Waals surface area contributed by atoms with E-state index in [0.29, 0.717) is 6.54 Å². The summed E-state index contributed by atoms with van der Waals surface area (Å²) in [6.45, 7) is 2.49. The monoisotopic (exact) mass is 429 g/mol. The molecular weight excluding hydrogens is 414 g/mol. The Labute approximate surface area is 108 Å². The van der Waals surface area contributed by atoms with Gasteiger partial charge in [0.15, 0.2) is 0 Å². The first-order chi connectivity index (χ1) is 7.05. The van der Waals surface area contributed by atoms with Crippen LogP contribution >= 0.6 is 18.8 Å². The summed E-state index contributed by atoms with van der Waals surface area (Å²) in [6, 6.07) is 10.2. The van der Waals surface area contributed by atoms with Crippen molar-refractivity contribution in [3.05, 3.63) is 35.9 Å². The molecule has 0 aliphatic heterocycles. The molecule has 0 spiro atoms. The Morgan fingerprint density at radius 2 is 1.73 bits per heavy atom. The summed E-state index contributed by atoms with van der Waals surface area (Å²) in [7, 11) is 9.75. The van der Waals surface area contributed by atoms with Gasteiger partial charge in [0.05, 0.1) is 0 Å². The zero-order valence-corrected chi connectivity index (χ0v) is 12.3. The van der Waals surface area contributed by atoms with E-state index in [9.17, 15) is 0 Å². The maximum atomic E-state index is 5.92. The van der Waals surface area contributed by atoms with E-state index in [2.05, 4.69) is 12.1 Å². The van der Waals surface area contributed by atoms with Crippen LogP contribution in [0.2, 0.25) is 0 Å². The van der Waals surface area contributed by atoms with Crippen molar-refractivity contribution in [1.29, 1.82) is 0 Å². The maximum absolute atomic E-state index is 5.92. The van der Waals surface area contributed by atoms with Gasteiger partial charge in [0.1, 0.15) is 0 Å². The van der Waals surface area contributed by atoms with Crippen molar-refractivity contribution in [1.82, 2.24) is 0 Å². The van der Waals surface area contributed by atoms with Gasteiger partial charge in [-0.2, -0.15) is 0 Å². The van der Waals surface area contributed by atoms with Crippen molar-refractivity contribution in [3.8, 4) is 0 Å². The first-order valence-corrected chi connectivity index (χ1v) is 10.0. The summed E-state index contributed by atoms with van der Waals surface area (Å²) in [5.74, 6) is 0. The molecule has 15 heavy (non-hydrogen) atoms. The van der Waals surface area contributed by atoms with Gasteiger partial charge in [-0.3, -0.25) is 0 Å². The molecule has 2 nitrogen and oxygen atoms in total. The molecule has 1 rings (SSSR count). The van der Waals surface area contributed by atoms with E-state index in [0.717, 1.165) is 6.42 Å². The zero-order chi connectivity index (χ0) is 11.7. The Hall–Kier alpha value is 0.408. The molecule has 0 aromatic heterocycles. The van der Waals surface area contributed by atoms with Crippen molar-refractivity contribution in [2.45, 2.75) is 18.9 Å². The van der Waals surface area contributed by atoms with E-state index in [4.69, 9.17) is 30.3 Å². The first kappa shape index (κ1) is 15.4. The quantitative estimate of drug-likeness (QED) is 0.774. The molecule has 0 saturated carbocycles. The van der Waals surface area contributed by atoms with Crippen LogP contribution in [0, 0.1) is 0 Å². The predicted molar refractivity (Wildman–Crippen MR) is 63.5 cm³/mol. The Kier molecular flexibility index (Phi) is 8.78. The van der Waals surface area contributed by atoms with Crippen LogP contribution in [0.25, 0.3) is 0 Å². The fourth-order valence-corrected chi connectivity index (χ4v) is 1.13. The van der Waals surface area contributed by atoms with Crippen LogP contribution in [0.3, 0.4) is 0 Å². The van der Waals surface area contributed by atoms with Gasteiger partial charge in [-0.05, 0) is 18.9 Å². The predicted octanol–water partition coefficient (Wildman–Crippen LogP) is 2.28. The molecule has 0 fully saturated rings. The molecule has 4 N–H and O–H groups in total. The molecule has 1 aromatic rings. The van der Waals surface area contributed by atoms with Crippen LogP contribution < -0.4 is 11.5 Å². The minimum atomic E-state index is -0.472. The van der Waals surface area contributed by atoms with Crippen LogP contribution in [-0.4, -0.2) is 12.1 Å².